The molecule has 35 heavy (non-hydrogen) atoms. The number of benzene rings is 2. The molecule has 0 atom stereocenters. The first-order valence-electron chi connectivity index (χ1n) is 11.0. The van der Waals surface area contributed by atoms with Gasteiger partial charge in [0.1, 0.15) is 17.5 Å². The highest BCUT2D eigenvalue weighted by molar-refractivity contribution is 8.00. The maximum Gasteiger partial charge on any atom is 0.163 e. The van der Waals surface area contributed by atoms with Gasteiger partial charge in [-0.25, -0.2) is 14.4 Å². The Labute approximate surface area is 213 Å². The molecule has 0 fully saturated rings. The summed E-state index contributed by atoms with van der Waals surface area (Å²) in [5.74, 6) is 0.831. The van der Waals surface area contributed by atoms with Crippen molar-refractivity contribution in [2.75, 3.05) is 49.1 Å². The Morgan fingerprint density at radius 3 is 2.63 bits per heavy atom. The van der Waals surface area contributed by atoms with E-state index in [1.54, 1.807) is 13.0 Å². The van der Waals surface area contributed by atoms with Crippen LogP contribution >= 0.6 is 23.5 Å². The van der Waals surface area contributed by atoms with Gasteiger partial charge in [0, 0.05) is 35.1 Å². The highest BCUT2D eigenvalue weighted by atomic mass is 35.5. The monoisotopic (exact) mass is 517 g/mol. The molecule has 0 aliphatic heterocycles. The molecule has 6 N–H and O–H groups in total. The molecule has 1 heterocycles. The van der Waals surface area contributed by atoms with Gasteiger partial charge in [0.25, 0.3) is 0 Å². The molecule has 8 nitrogen and oxygen atoms in total. The van der Waals surface area contributed by atoms with Gasteiger partial charge in [0.2, 0.25) is 0 Å². The molecule has 11 heteroatoms. The second-order valence-corrected chi connectivity index (χ2v) is 9.23. The molecule has 0 unspecified atom stereocenters. The highest BCUT2D eigenvalue weighted by Crippen LogP contribution is 2.29. The van der Waals surface area contributed by atoms with Crippen molar-refractivity contribution in [3.8, 4) is 11.4 Å². The number of aliphatic hydroxyl groups excluding tert-OH is 1. The smallest absolute Gasteiger partial charge is 0.163 e. The zero-order chi connectivity index (χ0) is 25.4. The van der Waals surface area contributed by atoms with E-state index < -0.39 is 0 Å². The lowest BCUT2D eigenvalue weighted by Gasteiger charge is -2.17. The van der Waals surface area contributed by atoms with Crippen LogP contribution in [0.4, 0.5) is 21.7 Å². The lowest BCUT2D eigenvalue weighted by molar-refractivity contribution is 0.221. The van der Waals surface area contributed by atoms with Gasteiger partial charge in [-0.2, -0.15) is 0 Å². The van der Waals surface area contributed by atoms with Crippen LogP contribution in [0.3, 0.4) is 0 Å². The summed E-state index contributed by atoms with van der Waals surface area (Å²) in [6, 6.07) is 11.8. The predicted molar refractivity (Wildman–Crippen MR) is 143 cm³/mol. The normalized spacial score (nSPS) is 11.0. The van der Waals surface area contributed by atoms with E-state index in [1.165, 1.54) is 12.1 Å². The minimum absolute atomic E-state index is 0.122. The minimum atomic E-state index is -0.353. The average molecular weight is 518 g/mol. The number of nitrogens with one attached hydrogen (secondary N) is 3. The molecular weight excluding hydrogens is 489 g/mol. The van der Waals surface area contributed by atoms with Gasteiger partial charge in [-0.15, -0.1) is 0 Å². The summed E-state index contributed by atoms with van der Waals surface area (Å²) in [4.78, 5) is 11.5. The van der Waals surface area contributed by atoms with Crippen molar-refractivity contribution in [3.63, 3.8) is 0 Å². The molecular formula is C24H29ClFN7OS. The summed E-state index contributed by atoms with van der Waals surface area (Å²) in [6.07, 6.45) is 0.831. The molecule has 0 radical (unpaired) electrons. The van der Waals surface area contributed by atoms with Crippen molar-refractivity contribution in [1.82, 2.24) is 14.9 Å². The van der Waals surface area contributed by atoms with Crippen molar-refractivity contribution in [2.24, 2.45) is 0 Å². The van der Waals surface area contributed by atoms with Crippen LogP contribution in [0.15, 0.2) is 47.4 Å². The minimum Gasteiger partial charge on any atom is -0.395 e. The van der Waals surface area contributed by atoms with E-state index in [0.717, 1.165) is 36.2 Å². The molecule has 0 bridgehead atoms. The Morgan fingerprint density at radius 1 is 1.20 bits per heavy atom. The van der Waals surface area contributed by atoms with Crippen LogP contribution in [0.5, 0.6) is 0 Å². The van der Waals surface area contributed by atoms with Gasteiger partial charge in [-0.1, -0.05) is 11.6 Å². The van der Waals surface area contributed by atoms with Crippen molar-refractivity contribution >= 4 is 46.6 Å². The van der Waals surface area contributed by atoms with Gasteiger partial charge >= 0.3 is 0 Å². The lowest BCUT2D eigenvalue weighted by Crippen LogP contribution is -2.25. The van der Waals surface area contributed by atoms with Crippen molar-refractivity contribution in [2.45, 2.75) is 18.2 Å². The molecule has 0 saturated heterocycles. The molecule has 0 aliphatic carbocycles. The topological polar surface area (TPSA) is 123 Å². The van der Waals surface area contributed by atoms with E-state index in [9.17, 15) is 4.39 Å². The van der Waals surface area contributed by atoms with Crippen LogP contribution in [-0.4, -0.2) is 59.0 Å². The number of hydrogen-bond donors (Lipinski definition) is 5. The molecule has 1 aromatic heterocycles. The van der Waals surface area contributed by atoms with E-state index in [4.69, 9.17) is 27.9 Å². The maximum absolute atomic E-state index is 13.9. The fraction of sp³-hybridized carbons (Fsp3) is 0.292. The Hall–Kier alpha value is -2.92. The Bertz CT molecular complexity index is 1160. The number of anilines is 3. The molecule has 3 aromatic rings. The Kier molecular flexibility index (Phi) is 9.67. The Morgan fingerprint density at radius 2 is 1.94 bits per heavy atom. The number of nitrogens with zero attached hydrogens (tertiary/aromatic N) is 3. The molecule has 0 saturated carbocycles. The third-order valence-electron chi connectivity index (χ3n) is 5.12. The average Bonchev–Trinajstić information content (AvgIpc) is 2.82. The van der Waals surface area contributed by atoms with E-state index in [1.807, 2.05) is 36.2 Å². The second kappa shape index (κ2) is 12.7. The van der Waals surface area contributed by atoms with E-state index >= 15 is 0 Å². The van der Waals surface area contributed by atoms with Crippen molar-refractivity contribution in [3.05, 3.63) is 58.9 Å². The SMILES string of the molecule is CC(=N)c1c(N)nc(-c2ccc(NSc3cc(Cl)ccc3F)cc2)nc1NCCCN(C)CCO. The number of hydrogen-bond acceptors (Lipinski definition) is 9. The third kappa shape index (κ3) is 7.53. The zero-order valence-electron chi connectivity index (χ0n) is 19.6. The van der Waals surface area contributed by atoms with E-state index in [2.05, 4.69) is 20.0 Å². The second-order valence-electron chi connectivity index (χ2n) is 7.94. The first kappa shape index (κ1) is 26.7. The lowest BCUT2D eigenvalue weighted by atomic mass is 10.1. The quantitative estimate of drug-likeness (QED) is 0.132. The maximum atomic E-state index is 13.9. The summed E-state index contributed by atoms with van der Waals surface area (Å²) in [5.41, 5.74) is 8.47. The van der Waals surface area contributed by atoms with Gasteiger partial charge in [0.15, 0.2) is 5.82 Å². The predicted octanol–water partition coefficient (Wildman–Crippen LogP) is 4.75. The van der Waals surface area contributed by atoms with Crippen LogP contribution in [-0.2, 0) is 0 Å². The van der Waals surface area contributed by atoms with Gasteiger partial charge < -0.3 is 31.2 Å². The van der Waals surface area contributed by atoms with Gasteiger partial charge in [-0.3, -0.25) is 0 Å². The summed E-state index contributed by atoms with van der Waals surface area (Å²) < 4.78 is 17.0. The third-order valence-corrected chi connectivity index (χ3v) is 6.22. The van der Waals surface area contributed by atoms with Crippen molar-refractivity contribution < 1.29 is 9.50 Å². The molecule has 0 aliphatic rings. The number of halogens is 2. The fourth-order valence-electron chi connectivity index (χ4n) is 3.30. The molecule has 0 amide bonds. The van der Waals surface area contributed by atoms with Gasteiger partial charge in [-0.05, 0) is 81.3 Å². The standard InChI is InChI=1S/C24H29ClFN7OS/c1-15(27)21-22(28)30-23(31-24(21)29-10-3-11-33(2)12-13-34)16-4-7-18(8-5-16)32-35-20-14-17(25)6-9-19(20)26/h4-9,14,27,32,34H,3,10-13H2,1-2H3,(H3,28,29,30,31). The van der Waals surface area contributed by atoms with E-state index in [0.29, 0.717) is 40.2 Å². The summed E-state index contributed by atoms with van der Waals surface area (Å²) >= 11 is 7.08. The first-order chi connectivity index (χ1) is 16.8. The van der Waals surface area contributed by atoms with Crippen molar-refractivity contribution in [1.29, 1.82) is 5.41 Å². The number of rotatable bonds is 12. The summed E-state index contributed by atoms with van der Waals surface area (Å²) in [5, 5.41) is 20.9. The highest BCUT2D eigenvalue weighted by Gasteiger charge is 2.15. The molecule has 2 aromatic carbocycles. The first-order valence-corrected chi connectivity index (χ1v) is 12.2. The molecule has 3 rings (SSSR count). The molecule has 0 spiro atoms. The number of nitrogens with two attached hydrogens (primary N) is 1. The Balaban J connectivity index is 1.72. The fourth-order valence-corrected chi connectivity index (χ4v) is 4.25. The number of aliphatic hydroxyl groups is 1. The van der Waals surface area contributed by atoms with E-state index in [-0.39, 0.29) is 24.0 Å². The number of nitrogen functional groups attached to an aromatic ring is 1. The number of aromatic nitrogens is 2. The molecule has 186 valence electrons. The zero-order valence-corrected chi connectivity index (χ0v) is 21.2. The summed E-state index contributed by atoms with van der Waals surface area (Å²) in [7, 11) is 1.95. The van der Waals surface area contributed by atoms with Crippen LogP contribution in [0.25, 0.3) is 11.4 Å². The van der Waals surface area contributed by atoms with Crippen LogP contribution in [0.2, 0.25) is 5.02 Å². The van der Waals surface area contributed by atoms with Gasteiger partial charge in [0.05, 0.1) is 17.1 Å². The van der Waals surface area contributed by atoms with Crippen LogP contribution in [0, 0.1) is 11.2 Å². The van der Waals surface area contributed by atoms with Crippen LogP contribution in [0.1, 0.15) is 18.9 Å². The number of likely N-dealkylation sites (N-methyl/N-ethyl adjacent to an activating group) is 1. The van der Waals surface area contributed by atoms with Crippen LogP contribution < -0.4 is 15.8 Å². The largest absolute Gasteiger partial charge is 0.395 e. The summed E-state index contributed by atoms with van der Waals surface area (Å²) in [6.45, 7) is 3.83.